The highest BCUT2D eigenvalue weighted by Crippen LogP contribution is 2.11. The van der Waals surface area contributed by atoms with Crippen LogP contribution in [0.1, 0.15) is 122 Å². The molecule has 0 spiro atoms. The first-order chi connectivity index (χ1) is 11.8. The summed E-state index contributed by atoms with van der Waals surface area (Å²) in [5, 5.41) is 8.55. The van der Waals surface area contributed by atoms with Gasteiger partial charge in [-0.1, -0.05) is 96.1 Å². The minimum Gasteiger partial charge on any atom is -0.481 e. The van der Waals surface area contributed by atoms with Crippen molar-refractivity contribution < 1.29 is 9.90 Å². The van der Waals surface area contributed by atoms with Gasteiger partial charge in [0.1, 0.15) is 0 Å². The largest absolute Gasteiger partial charge is 0.481 e. The summed E-state index contributed by atoms with van der Waals surface area (Å²) >= 11 is 0. The molecule has 0 aromatic heterocycles. The van der Waals surface area contributed by atoms with Crippen molar-refractivity contribution in [1.29, 1.82) is 0 Å². The van der Waals surface area contributed by atoms with Gasteiger partial charge < -0.3 is 5.11 Å². The van der Waals surface area contributed by atoms with Gasteiger partial charge in [-0.3, -0.25) is 4.79 Å². The molecule has 2 nitrogen and oxygen atoms in total. The molecule has 24 heavy (non-hydrogen) atoms. The fourth-order valence-electron chi connectivity index (χ4n) is 3.05. The zero-order valence-corrected chi connectivity index (χ0v) is 16.2. The third kappa shape index (κ3) is 21.2. The molecule has 0 radical (unpaired) electrons. The van der Waals surface area contributed by atoms with Crippen LogP contribution in [0.2, 0.25) is 0 Å². The van der Waals surface area contributed by atoms with Gasteiger partial charge in [0.2, 0.25) is 0 Å². The molecular formula is C22H42O2. The second kappa shape index (κ2) is 20.3. The molecule has 0 saturated heterocycles. The number of carboxylic acids is 1. The summed E-state index contributed by atoms with van der Waals surface area (Å²) < 4.78 is 0. The molecule has 0 aliphatic heterocycles. The van der Waals surface area contributed by atoms with E-state index in [0.717, 1.165) is 12.8 Å². The fraction of sp³-hybridized carbons (Fsp3) is 0.864. The third-order valence-electron chi connectivity index (χ3n) is 4.65. The number of aliphatic carboxylic acids is 1. The minimum absolute atomic E-state index is 0.335. The van der Waals surface area contributed by atoms with E-state index in [-0.39, 0.29) is 0 Å². The number of hydrogen-bond donors (Lipinski definition) is 1. The van der Waals surface area contributed by atoms with Crippen LogP contribution in [0.4, 0.5) is 0 Å². The van der Waals surface area contributed by atoms with Gasteiger partial charge in [0, 0.05) is 6.42 Å². The van der Waals surface area contributed by atoms with Gasteiger partial charge >= 0.3 is 5.97 Å². The van der Waals surface area contributed by atoms with Crippen molar-refractivity contribution in [3.63, 3.8) is 0 Å². The summed E-state index contributed by atoms with van der Waals surface area (Å²) in [4.78, 5) is 10.4. The first-order valence-corrected chi connectivity index (χ1v) is 10.6. The minimum atomic E-state index is -0.660. The van der Waals surface area contributed by atoms with Gasteiger partial charge in [-0.05, 0) is 32.1 Å². The Morgan fingerprint density at radius 2 is 1.00 bits per heavy atom. The lowest BCUT2D eigenvalue weighted by molar-refractivity contribution is -0.137. The molecule has 0 aromatic carbocycles. The van der Waals surface area contributed by atoms with Crippen LogP contribution in [-0.2, 0) is 4.79 Å². The average molecular weight is 339 g/mol. The zero-order valence-electron chi connectivity index (χ0n) is 16.2. The summed E-state index contributed by atoms with van der Waals surface area (Å²) in [5.74, 6) is -0.660. The molecule has 0 aliphatic carbocycles. The van der Waals surface area contributed by atoms with E-state index in [1.165, 1.54) is 96.3 Å². The maximum atomic E-state index is 10.4. The van der Waals surface area contributed by atoms with Gasteiger partial charge in [-0.15, -0.1) is 0 Å². The van der Waals surface area contributed by atoms with E-state index in [4.69, 9.17) is 5.11 Å². The van der Waals surface area contributed by atoms with Crippen molar-refractivity contribution >= 4 is 5.97 Å². The van der Waals surface area contributed by atoms with E-state index in [0.29, 0.717) is 6.42 Å². The third-order valence-corrected chi connectivity index (χ3v) is 4.65. The Balaban J connectivity index is 3.07. The van der Waals surface area contributed by atoms with Crippen molar-refractivity contribution in [1.82, 2.24) is 0 Å². The highest BCUT2D eigenvalue weighted by atomic mass is 16.4. The number of hydrogen-bond acceptors (Lipinski definition) is 1. The zero-order chi connectivity index (χ0) is 17.7. The highest BCUT2D eigenvalue weighted by molar-refractivity contribution is 5.66. The summed E-state index contributed by atoms with van der Waals surface area (Å²) in [6, 6.07) is 0. The second-order valence-electron chi connectivity index (χ2n) is 7.14. The van der Waals surface area contributed by atoms with Gasteiger partial charge in [0.05, 0.1) is 0 Å². The number of carboxylic acid groups (broad SMARTS) is 1. The average Bonchev–Trinajstić information content (AvgIpc) is 2.56. The highest BCUT2D eigenvalue weighted by Gasteiger charge is 1.96. The molecule has 0 heterocycles. The Hall–Kier alpha value is -0.790. The fourth-order valence-corrected chi connectivity index (χ4v) is 3.05. The summed E-state index contributed by atoms with van der Waals surface area (Å²) in [5.41, 5.74) is 0. The summed E-state index contributed by atoms with van der Waals surface area (Å²) in [6.07, 6.45) is 27.1. The summed E-state index contributed by atoms with van der Waals surface area (Å²) in [7, 11) is 0. The van der Waals surface area contributed by atoms with E-state index >= 15 is 0 Å². The molecule has 0 rings (SSSR count). The van der Waals surface area contributed by atoms with E-state index < -0.39 is 5.97 Å². The van der Waals surface area contributed by atoms with E-state index in [1.54, 1.807) is 0 Å². The first-order valence-electron chi connectivity index (χ1n) is 10.6. The predicted octanol–water partition coefficient (Wildman–Crippen LogP) is 7.67. The van der Waals surface area contributed by atoms with Crippen LogP contribution >= 0.6 is 0 Å². The van der Waals surface area contributed by atoms with Crippen LogP contribution in [0.3, 0.4) is 0 Å². The Kier molecular flexibility index (Phi) is 19.6. The van der Waals surface area contributed by atoms with Crippen molar-refractivity contribution in [2.75, 3.05) is 0 Å². The number of carbonyl (C=O) groups is 1. The Morgan fingerprint density at radius 3 is 1.42 bits per heavy atom. The predicted molar refractivity (Wildman–Crippen MR) is 106 cm³/mol. The van der Waals surface area contributed by atoms with E-state index in [9.17, 15) is 4.79 Å². The van der Waals surface area contributed by atoms with E-state index in [1.807, 2.05) is 0 Å². The molecule has 0 saturated carbocycles. The molecule has 1 N–H and O–H groups in total. The van der Waals surface area contributed by atoms with Crippen LogP contribution in [0.25, 0.3) is 0 Å². The topological polar surface area (TPSA) is 37.3 Å². The standard InChI is InChI=1S/C22H42O2/c1-2-3-4-5-6-7-8-9-10-11-12-13-14-15-16-17-18-19-20-21-22(23)24/h12-13H,2-11,14-21H2,1H3,(H,23,24)/b13-12-. The number of allylic oxidation sites excluding steroid dienone is 2. The first kappa shape index (κ1) is 23.2. The maximum Gasteiger partial charge on any atom is 0.303 e. The van der Waals surface area contributed by atoms with Gasteiger partial charge in [-0.2, -0.15) is 0 Å². The lowest BCUT2D eigenvalue weighted by Crippen LogP contribution is -1.93. The molecule has 0 unspecified atom stereocenters. The molecule has 2 heteroatoms. The Morgan fingerprint density at radius 1 is 0.625 bits per heavy atom. The molecule has 0 bridgehead atoms. The molecule has 0 amide bonds. The maximum absolute atomic E-state index is 10.4. The van der Waals surface area contributed by atoms with Gasteiger partial charge in [-0.25, -0.2) is 0 Å². The lowest BCUT2D eigenvalue weighted by atomic mass is 10.1. The Labute approximate surface area is 151 Å². The van der Waals surface area contributed by atoms with Crippen molar-refractivity contribution in [2.24, 2.45) is 0 Å². The monoisotopic (exact) mass is 338 g/mol. The molecule has 0 atom stereocenters. The van der Waals surface area contributed by atoms with Gasteiger partial charge in [0.15, 0.2) is 0 Å². The van der Waals surface area contributed by atoms with Crippen LogP contribution in [0.15, 0.2) is 12.2 Å². The van der Waals surface area contributed by atoms with E-state index in [2.05, 4.69) is 19.1 Å². The lowest BCUT2D eigenvalue weighted by Gasteiger charge is -2.01. The van der Waals surface area contributed by atoms with Crippen molar-refractivity contribution in [2.45, 2.75) is 122 Å². The SMILES string of the molecule is CCCCCCCCCCC/C=C\CCCCCCCCC(=O)O. The quantitative estimate of drug-likeness (QED) is 0.194. The Bertz CT molecular complexity index is 284. The molecule has 142 valence electrons. The normalized spacial score (nSPS) is 11.4. The van der Waals surface area contributed by atoms with Crippen LogP contribution in [0, 0.1) is 0 Å². The smallest absolute Gasteiger partial charge is 0.303 e. The molecule has 0 aromatic rings. The molecule has 0 fully saturated rings. The molecule has 0 aliphatic rings. The number of rotatable bonds is 19. The van der Waals surface area contributed by atoms with Crippen molar-refractivity contribution in [3.05, 3.63) is 12.2 Å². The van der Waals surface area contributed by atoms with Crippen LogP contribution in [0.5, 0.6) is 0 Å². The van der Waals surface area contributed by atoms with Crippen LogP contribution < -0.4 is 0 Å². The molecular weight excluding hydrogens is 296 g/mol. The summed E-state index contributed by atoms with van der Waals surface area (Å²) in [6.45, 7) is 2.28. The second-order valence-corrected chi connectivity index (χ2v) is 7.14. The number of unbranched alkanes of at least 4 members (excludes halogenated alkanes) is 15. The van der Waals surface area contributed by atoms with Crippen molar-refractivity contribution in [3.8, 4) is 0 Å². The van der Waals surface area contributed by atoms with Crippen LogP contribution in [-0.4, -0.2) is 11.1 Å². The van der Waals surface area contributed by atoms with Gasteiger partial charge in [0.25, 0.3) is 0 Å².